The van der Waals surface area contributed by atoms with E-state index in [4.69, 9.17) is 0 Å². The van der Waals surface area contributed by atoms with Crippen molar-refractivity contribution in [3.05, 3.63) is 30.3 Å². The minimum atomic E-state index is -0.553. The van der Waals surface area contributed by atoms with Crippen LogP contribution in [0.3, 0.4) is 0 Å². The topological polar surface area (TPSA) is 37.4 Å². The van der Waals surface area contributed by atoms with E-state index in [2.05, 4.69) is 55.4 Å². The summed E-state index contributed by atoms with van der Waals surface area (Å²) < 4.78 is 0. The van der Waals surface area contributed by atoms with Crippen molar-refractivity contribution in [3.8, 4) is 0 Å². The zero-order chi connectivity index (χ0) is 21.8. The zero-order valence-electron chi connectivity index (χ0n) is 19.6. The van der Waals surface area contributed by atoms with Crippen LogP contribution in [0.15, 0.2) is 30.3 Å². The Hall–Kier alpha value is -1.64. The monoisotopic (exact) mass is 397 g/mol. The molecule has 2 aliphatic carbocycles. The second kappa shape index (κ2) is 6.96. The molecule has 2 saturated carbocycles. The Balaban J connectivity index is 2.10. The van der Waals surface area contributed by atoms with Gasteiger partial charge in [0.25, 0.3) is 0 Å². The van der Waals surface area contributed by atoms with Crippen molar-refractivity contribution in [3.63, 3.8) is 0 Å². The summed E-state index contributed by atoms with van der Waals surface area (Å²) in [6, 6.07) is 9.57. The van der Waals surface area contributed by atoms with Crippen LogP contribution >= 0.6 is 0 Å². The first-order chi connectivity index (χ1) is 13.3. The predicted molar refractivity (Wildman–Crippen MR) is 120 cm³/mol. The van der Waals surface area contributed by atoms with Crippen molar-refractivity contribution in [1.82, 2.24) is 0 Å². The summed E-state index contributed by atoms with van der Waals surface area (Å²) in [7, 11) is 0. The summed E-state index contributed by atoms with van der Waals surface area (Å²) in [5.41, 5.74) is -0.713. The SMILES string of the molecule is CC1CCC(C)(C(=O)N(C(=O)C2(C)CCC(C)C2(C)C)c2ccccc2)C1(C)C. The highest BCUT2D eigenvalue weighted by molar-refractivity contribution is 6.18. The zero-order valence-corrected chi connectivity index (χ0v) is 19.6. The highest BCUT2D eigenvalue weighted by Crippen LogP contribution is 2.59. The summed E-state index contributed by atoms with van der Waals surface area (Å²) >= 11 is 0. The van der Waals surface area contributed by atoms with Gasteiger partial charge in [-0.2, -0.15) is 0 Å². The van der Waals surface area contributed by atoms with Crippen LogP contribution in [-0.2, 0) is 9.59 Å². The summed E-state index contributed by atoms with van der Waals surface area (Å²) in [6.45, 7) is 17.4. The number of amides is 2. The van der Waals surface area contributed by atoms with Crippen LogP contribution in [0, 0.1) is 33.5 Å². The summed E-state index contributed by atoms with van der Waals surface area (Å²) in [4.78, 5) is 29.9. The third kappa shape index (κ3) is 2.99. The first kappa shape index (κ1) is 22.1. The van der Waals surface area contributed by atoms with Gasteiger partial charge in [0.2, 0.25) is 11.8 Å². The Morgan fingerprint density at radius 1 is 0.759 bits per heavy atom. The third-order valence-corrected chi connectivity index (χ3v) is 9.83. The first-order valence-corrected chi connectivity index (χ1v) is 11.2. The van der Waals surface area contributed by atoms with Crippen molar-refractivity contribution in [2.24, 2.45) is 33.5 Å². The van der Waals surface area contributed by atoms with Crippen LogP contribution in [0.5, 0.6) is 0 Å². The fraction of sp³-hybridized carbons (Fsp3) is 0.692. The minimum Gasteiger partial charge on any atom is -0.273 e. The molecule has 3 nitrogen and oxygen atoms in total. The van der Waals surface area contributed by atoms with Gasteiger partial charge in [0.15, 0.2) is 0 Å². The van der Waals surface area contributed by atoms with E-state index in [1.54, 1.807) is 4.90 Å². The molecule has 0 heterocycles. The average Bonchev–Trinajstić information content (AvgIpc) is 3.02. The molecular formula is C26H39NO2. The van der Waals surface area contributed by atoms with E-state index in [1.807, 2.05) is 30.3 Å². The Morgan fingerprint density at radius 2 is 1.14 bits per heavy atom. The molecule has 0 aliphatic heterocycles. The Kier molecular flexibility index (Phi) is 5.29. The van der Waals surface area contributed by atoms with Crippen LogP contribution in [0.25, 0.3) is 0 Å². The summed E-state index contributed by atoms with van der Waals surface area (Å²) in [5.74, 6) is 0.838. The Labute approximate surface area is 177 Å². The molecule has 2 aliphatic rings. The number of carbonyl (C=O) groups excluding carboxylic acids is 2. The standard InChI is InChI=1S/C26H39NO2/c1-18-14-16-25(7,23(18,3)4)21(28)27(20-12-10-9-11-13-20)22(29)26(8)17-15-19(2)24(26,5)6/h9-13,18-19H,14-17H2,1-8H3. The van der Waals surface area contributed by atoms with Gasteiger partial charge in [-0.1, -0.05) is 73.6 Å². The van der Waals surface area contributed by atoms with Gasteiger partial charge in [-0.25, -0.2) is 4.90 Å². The molecule has 0 spiro atoms. The van der Waals surface area contributed by atoms with Crippen LogP contribution < -0.4 is 4.90 Å². The van der Waals surface area contributed by atoms with E-state index in [1.165, 1.54) is 0 Å². The van der Waals surface area contributed by atoms with Crippen molar-refractivity contribution in [1.29, 1.82) is 0 Å². The van der Waals surface area contributed by atoms with Crippen molar-refractivity contribution in [2.45, 2.75) is 81.1 Å². The molecular weight excluding hydrogens is 358 g/mol. The second-order valence-electron chi connectivity index (χ2n) is 11.3. The maximum absolute atomic E-state index is 14.2. The molecule has 2 fully saturated rings. The molecule has 1 aromatic rings. The third-order valence-electron chi connectivity index (χ3n) is 9.83. The van der Waals surface area contributed by atoms with E-state index < -0.39 is 10.8 Å². The lowest BCUT2D eigenvalue weighted by Gasteiger charge is -2.46. The normalized spacial score (nSPS) is 35.4. The summed E-state index contributed by atoms with van der Waals surface area (Å²) in [5, 5.41) is 0. The molecule has 0 saturated heterocycles. The molecule has 0 bridgehead atoms. The van der Waals surface area contributed by atoms with E-state index in [9.17, 15) is 9.59 Å². The molecule has 2 amide bonds. The highest BCUT2D eigenvalue weighted by atomic mass is 16.2. The summed E-state index contributed by atoms with van der Waals surface area (Å²) in [6.07, 6.45) is 3.69. The van der Waals surface area contributed by atoms with E-state index >= 15 is 0 Å². The molecule has 0 N–H and O–H groups in total. The molecule has 1 aromatic carbocycles. The van der Waals surface area contributed by atoms with Gasteiger partial charge >= 0.3 is 0 Å². The van der Waals surface area contributed by atoms with Crippen LogP contribution in [0.1, 0.15) is 81.1 Å². The van der Waals surface area contributed by atoms with Crippen molar-refractivity contribution < 1.29 is 9.59 Å². The maximum Gasteiger partial charge on any atom is 0.240 e. The lowest BCUT2D eigenvalue weighted by Crippen LogP contribution is -2.56. The van der Waals surface area contributed by atoms with E-state index in [0.29, 0.717) is 17.5 Å². The molecule has 4 unspecified atom stereocenters. The molecule has 3 heteroatoms. The number of nitrogens with zero attached hydrogens (tertiary/aromatic N) is 1. The van der Waals surface area contributed by atoms with Gasteiger partial charge in [0, 0.05) is 0 Å². The van der Waals surface area contributed by atoms with Crippen molar-refractivity contribution >= 4 is 17.5 Å². The molecule has 0 radical (unpaired) electrons. The van der Waals surface area contributed by atoms with Crippen LogP contribution in [0.4, 0.5) is 5.69 Å². The molecule has 3 rings (SSSR count). The smallest absolute Gasteiger partial charge is 0.240 e. The van der Waals surface area contributed by atoms with E-state index in [0.717, 1.165) is 25.7 Å². The molecule has 160 valence electrons. The molecule has 0 aromatic heterocycles. The average molecular weight is 398 g/mol. The van der Waals surface area contributed by atoms with Crippen LogP contribution in [0.2, 0.25) is 0 Å². The lowest BCUT2D eigenvalue weighted by atomic mass is 9.63. The number of rotatable bonds is 3. The highest BCUT2D eigenvalue weighted by Gasteiger charge is 2.60. The number of benzene rings is 1. The van der Waals surface area contributed by atoms with Gasteiger partial charge < -0.3 is 0 Å². The fourth-order valence-electron chi connectivity index (χ4n) is 5.63. The fourth-order valence-corrected chi connectivity index (χ4v) is 5.63. The number of para-hydroxylation sites is 1. The van der Waals surface area contributed by atoms with E-state index in [-0.39, 0.29) is 22.6 Å². The maximum atomic E-state index is 14.2. The van der Waals surface area contributed by atoms with Gasteiger partial charge in [-0.3, -0.25) is 9.59 Å². The van der Waals surface area contributed by atoms with Gasteiger partial charge in [-0.15, -0.1) is 0 Å². The number of carbonyl (C=O) groups is 2. The number of imide groups is 1. The van der Waals surface area contributed by atoms with Crippen LogP contribution in [-0.4, -0.2) is 11.8 Å². The molecule has 4 atom stereocenters. The lowest BCUT2D eigenvalue weighted by molar-refractivity contribution is -0.142. The largest absolute Gasteiger partial charge is 0.273 e. The van der Waals surface area contributed by atoms with Gasteiger partial charge in [-0.05, 0) is 60.5 Å². The number of hydrogen-bond acceptors (Lipinski definition) is 2. The predicted octanol–water partition coefficient (Wildman–Crippen LogP) is 6.47. The van der Waals surface area contributed by atoms with Gasteiger partial charge in [0.1, 0.15) is 0 Å². The first-order valence-electron chi connectivity index (χ1n) is 11.2. The number of hydrogen-bond donors (Lipinski definition) is 0. The second-order valence-corrected chi connectivity index (χ2v) is 11.3. The minimum absolute atomic E-state index is 0.0281. The number of anilines is 1. The van der Waals surface area contributed by atoms with Gasteiger partial charge in [0.05, 0.1) is 16.5 Å². The Bertz CT molecular complexity index is 748. The quantitative estimate of drug-likeness (QED) is 0.548. The van der Waals surface area contributed by atoms with Crippen molar-refractivity contribution in [2.75, 3.05) is 4.90 Å². The Morgan fingerprint density at radius 3 is 1.45 bits per heavy atom. The molecule has 29 heavy (non-hydrogen) atoms.